The van der Waals surface area contributed by atoms with Gasteiger partial charge in [-0.3, -0.25) is 19.3 Å². The summed E-state index contributed by atoms with van der Waals surface area (Å²) in [6, 6.07) is 7.68. The van der Waals surface area contributed by atoms with Crippen molar-refractivity contribution in [2.75, 3.05) is 6.54 Å². The summed E-state index contributed by atoms with van der Waals surface area (Å²) in [5.74, 6) is -1.10. The molecule has 0 spiro atoms. The van der Waals surface area contributed by atoms with Crippen molar-refractivity contribution in [3.05, 3.63) is 56.7 Å². The van der Waals surface area contributed by atoms with Crippen molar-refractivity contribution in [2.45, 2.75) is 40.7 Å². The maximum Gasteiger partial charge on any atom is 0.326 e. The molecule has 0 radical (unpaired) electrons. The topological polar surface area (TPSA) is 68.6 Å². The average molecular weight is 447 g/mol. The fraction of sp³-hybridized carbons (Fsp3) is 0.318. The first kappa shape index (κ1) is 22.2. The van der Waals surface area contributed by atoms with Gasteiger partial charge in [-0.2, -0.15) is 0 Å². The summed E-state index contributed by atoms with van der Waals surface area (Å²) in [5.41, 5.74) is 4.63. The van der Waals surface area contributed by atoms with Crippen LogP contribution >= 0.6 is 23.4 Å². The van der Waals surface area contributed by atoms with Crippen molar-refractivity contribution in [1.29, 1.82) is 0 Å². The molecule has 2 amide bonds. The van der Waals surface area contributed by atoms with Crippen molar-refractivity contribution < 1.29 is 19.1 Å². The van der Waals surface area contributed by atoms with Gasteiger partial charge in [-0.1, -0.05) is 17.7 Å². The van der Waals surface area contributed by atoms with Gasteiger partial charge >= 0.3 is 5.97 Å². The molecule has 1 aliphatic heterocycles. The number of halogens is 1. The Hall–Kier alpha value is -2.51. The number of imide groups is 1. The molecule has 1 fully saturated rings. The van der Waals surface area contributed by atoms with Crippen LogP contribution in [-0.2, 0) is 14.3 Å². The SMILES string of the molecule is Cc1c(Cl)cccc1-n1c(C)cc(/C=C2/SC(=O)N(CC(=O)OC(C)C)C2=O)c1C. The number of benzene rings is 1. The van der Waals surface area contributed by atoms with E-state index in [4.69, 9.17) is 16.3 Å². The second-order valence-electron chi connectivity index (χ2n) is 7.35. The Labute approximate surface area is 184 Å². The van der Waals surface area contributed by atoms with Gasteiger partial charge in [0.2, 0.25) is 0 Å². The van der Waals surface area contributed by atoms with Crippen LogP contribution < -0.4 is 0 Å². The van der Waals surface area contributed by atoms with Gasteiger partial charge in [-0.25, -0.2) is 0 Å². The molecule has 158 valence electrons. The van der Waals surface area contributed by atoms with Gasteiger partial charge in [0.25, 0.3) is 11.1 Å². The van der Waals surface area contributed by atoms with E-state index in [0.29, 0.717) is 5.02 Å². The molecule has 30 heavy (non-hydrogen) atoms. The van der Waals surface area contributed by atoms with Gasteiger partial charge in [0.1, 0.15) is 6.54 Å². The molecule has 0 aliphatic carbocycles. The number of carbonyl (C=O) groups excluding carboxylic acids is 3. The molecule has 1 aliphatic rings. The second-order valence-corrected chi connectivity index (χ2v) is 8.75. The molecule has 2 heterocycles. The Morgan fingerprint density at radius 1 is 1.23 bits per heavy atom. The minimum Gasteiger partial charge on any atom is -0.462 e. The van der Waals surface area contributed by atoms with Gasteiger partial charge in [-0.15, -0.1) is 0 Å². The Balaban J connectivity index is 1.91. The van der Waals surface area contributed by atoms with E-state index in [1.807, 2.05) is 45.0 Å². The van der Waals surface area contributed by atoms with Gasteiger partial charge in [0.15, 0.2) is 0 Å². The Bertz CT molecular complexity index is 1070. The predicted octanol–water partition coefficient (Wildman–Crippen LogP) is 5.04. The van der Waals surface area contributed by atoms with Crippen molar-refractivity contribution in [2.24, 2.45) is 0 Å². The van der Waals surface area contributed by atoms with E-state index in [-0.39, 0.29) is 17.6 Å². The summed E-state index contributed by atoms with van der Waals surface area (Å²) in [5, 5.41) is 0.197. The van der Waals surface area contributed by atoms with Gasteiger partial charge in [-0.05, 0) is 81.8 Å². The summed E-state index contributed by atoms with van der Waals surface area (Å²) < 4.78 is 7.11. The lowest BCUT2D eigenvalue weighted by Crippen LogP contribution is -2.35. The van der Waals surface area contributed by atoms with Crippen LogP contribution in [0.3, 0.4) is 0 Å². The summed E-state index contributed by atoms with van der Waals surface area (Å²) >= 11 is 7.11. The van der Waals surface area contributed by atoms with E-state index in [2.05, 4.69) is 4.57 Å². The lowest BCUT2D eigenvalue weighted by Gasteiger charge is -2.14. The molecule has 8 heteroatoms. The quantitative estimate of drug-likeness (QED) is 0.475. The normalized spacial score (nSPS) is 15.6. The minimum atomic E-state index is -0.608. The van der Waals surface area contributed by atoms with Crippen LogP contribution in [0.15, 0.2) is 29.2 Å². The maximum atomic E-state index is 12.7. The zero-order valence-corrected chi connectivity index (χ0v) is 19.1. The number of hydrogen-bond acceptors (Lipinski definition) is 5. The third-order valence-corrected chi connectivity index (χ3v) is 6.08. The Morgan fingerprint density at radius 3 is 2.60 bits per heavy atom. The van der Waals surface area contributed by atoms with Gasteiger partial charge in [0.05, 0.1) is 11.0 Å². The van der Waals surface area contributed by atoms with E-state index in [1.54, 1.807) is 19.9 Å². The van der Waals surface area contributed by atoms with E-state index >= 15 is 0 Å². The minimum absolute atomic E-state index is 0.278. The number of hydrogen-bond donors (Lipinski definition) is 0. The van der Waals surface area contributed by atoms with Crippen molar-refractivity contribution >= 4 is 46.6 Å². The molecular weight excluding hydrogens is 424 g/mol. The van der Waals surface area contributed by atoms with Crippen LogP contribution in [-0.4, -0.2) is 39.2 Å². The van der Waals surface area contributed by atoms with Crippen molar-refractivity contribution in [1.82, 2.24) is 9.47 Å². The molecule has 0 unspecified atom stereocenters. The van der Waals surface area contributed by atoms with E-state index in [1.165, 1.54) is 0 Å². The van der Waals surface area contributed by atoms with Crippen LogP contribution in [0, 0.1) is 20.8 Å². The number of rotatable bonds is 5. The number of ether oxygens (including phenoxy) is 1. The Kier molecular flexibility index (Phi) is 6.43. The third-order valence-electron chi connectivity index (χ3n) is 4.76. The fourth-order valence-corrected chi connectivity index (χ4v) is 4.35. The first-order chi connectivity index (χ1) is 14.1. The second kappa shape index (κ2) is 8.70. The van der Waals surface area contributed by atoms with Crippen molar-refractivity contribution in [3.8, 4) is 5.69 Å². The molecular formula is C22H23ClN2O4S. The third kappa shape index (κ3) is 4.32. The van der Waals surface area contributed by atoms with Gasteiger partial charge < -0.3 is 9.30 Å². The standard InChI is InChI=1S/C22H23ClN2O4S/c1-12(2)29-20(26)11-24-21(27)19(30-22(24)28)10-16-9-13(3)25(15(16)5)18-8-6-7-17(23)14(18)4/h6-10,12H,11H2,1-5H3/b19-10+. The van der Waals surface area contributed by atoms with Crippen LogP contribution in [0.5, 0.6) is 0 Å². The molecule has 1 saturated heterocycles. The number of nitrogens with zero attached hydrogens (tertiary/aromatic N) is 2. The lowest BCUT2D eigenvalue weighted by molar-refractivity contribution is -0.149. The highest BCUT2D eigenvalue weighted by Crippen LogP contribution is 2.34. The Morgan fingerprint density at radius 2 is 1.93 bits per heavy atom. The fourth-order valence-electron chi connectivity index (χ4n) is 3.35. The molecule has 0 saturated carbocycles. The molecule has 1 aromatic heterocycles. The number of aromatic nitrogens is 1. The summed E-state index contributed by atoms with van der Waals surface area (Å²) in [6.07, 6.45) is 1.38. The highest BCUT2D eigenvalue weighted by Gasteiger charge is 2.37. The summed E-state index contributed by atoms with van der Waals surface area (Å²) in [7, 11) is 0. The van der Waals surface area contributed by atoms with E-state index in [9.17, 15) is 14.4 Å². The first-order valence-corrected chi connectivity index (χ1v) is 10.7. The molecule has 1 aromatic carbocycles. The molecule has 0 bridgehead atoms. The number of aryl methyl sites for hydroxylation is 1. The van der Waals surface area contributed by atoms with E-state index in [0.717, 1.165) is 44.9 Å². The van der Waals surface area contributed by atoms with Crippen LogP contribution in [0.25, 0.3) is 11.8 Å². The summed E-state index contributed by atoms with van der Waals surface area (Å²) in [6.45, 7) is 8.91. The van der Waals surface area contributed by atoms with Gasteiger partial charge in [0, 0.05) is 22.1 Å². The lowest BCUT2D eigenvalue weighted by atomic mass is 10.2. The molecule has 0 N–H and O–H groups in total. The number of esters is 1. The van der Waals surface area contributed by atoms with Crippen LogP contribution in [0.4, 0.5) is 4.79 Å². The smallest absolute Gasteiger partial charge is 0.326 e. The van der Waals surface area contributed by atoms with Crippen LogP contribution in [0.2, 0.25) is 5.02 Å². The zero-order chi connectivity index (χ0) is 22.2. The van der Waals surface area contributed by atoms with E-state index < -0.39 is 17.1 Å². The monoisotopic (exact) mass is 446 g/mol. The highest BCUT2D eigenvalue weighted by molar-refractivity contribution is 8.18. The molecule has 2 aromatic rings. The maximum absolute atomic E-state index is 12.7. The molecule has 6 nitrogen and oxygen atoms in total. The predicted molar refractivity (Wildman–Crippen MR) is 119 cm³/mol. The number of thioether (sulfide) groups is 1. The van der Waals surface area contributed by atoms with Crippen molar-refractivity contribution in [3.63, 3.8) is 0 Å². The molecule has 3 rings (SSSR count). The first-order valence-electron chi connectivity index (χ1n) is 9.49. The highest BCUT2D eigenvalue weighted by atomic mass is 35.5. The largest absolute Gasteiger partial charge is 0.462 e. The van der Waals surface area contributed by atoms with Crippen LogP contribution in [0.1, 0.15) is 36.4 Å². The number of carbonyl (C=O) groups is 3. The molecule has 0 atom stereocenters. The average Bonchev–Trinajstić information content (AvgIpc) is 3.07. The summed E-state index contributed by atoms with van der Waals surface area (Å²) in [4.78, 5) is 38.0. The zero-order valence-electron chi connectivity index (χ0n) is 17.5. The number of amides is 2.